The number of nitrogens with one attached hydrogen (secondary N) is 1. The number of benzene rings is 3. The molecule has 1 unspecified atom stereocenters. The largest absolute Gasteiger partial charge is 0.481 e. The van der Waals surface area contributed by atoms with Crippen molar-refractivity contribution < 1.29 is 24.3 Å². The van der Waals surface area contributed by atoms with E-state index < -0.39 is 41.4 Å². The van der Waals surface area contributed by atoms with E-state index in [1.807, 2.05) is 80.6 Å². The standard InChI is InChI=1S/C35H38ClN3O5/c1-23(2)20-30(32(42)37-29(21-31(40)41)27-16-18-28(36)19-17-27)39-33(43)35(3,4)38(34(39)44)22-26-14-12-25(13-15-26)11-10-24-8-6-5-7-9-24/h5-19,23,29-30H,20-22H2,1-4H3,(H,37,42)(H,40,41)/b11-10+/t29?,30-/m0/s1. The minimum Gasteiger partial charge on any atom is -0.481 e. The van der Waals surface area contributed by atoms with E-state index in [-0.39, 0.29) is 25.3 Å². The van der Waals surface area contributed by atoms with Gasteiger partial charge >= 0.3 is 12.0 Å². The Bertz CT molecular complexity index is 1520. The Kier molecular flexibility index (Phi) is 10.3. The fourth-order valence-corrected chi connectivity index (χ4v) is 5.37. The number of carbonyl (C=O) groups excluding carboxylic acids is 3. The predicted octanol–water partition coefficient (Wildman–Crippen LogP) is 6.80. The minimum absolute atomic E-state index is 0.0338. The molecule has 0 bridgehead atoms. The number of carbonyl (C=O) groups is 4. The van der Waals surface area contributed by atoms with E-state index in [1.165, 1.54) is 4.90 Å². The Morgan fingerprint density at radius 3 is 2.07 bits per heavy atom. The maximum absolute atomic E-state index is 13.9. The van der Waals surface area contributed by atoms with Crippen LogP contribution in [0.2, 0.25) is 5.02 Å². The number of amides is 4. The third-order valence-electron chi connectivity index (χ3n) is 7.72. The van der Waals surface area contributed by atoms with Crippen LogP contribution in [0, 0.1) is 5.92 Å². The average molecular weight is 616 g/mol. The molecule has 1 fully saturated rings. The van der Waals surface area contributed by atoms with Crippen LogP contribution >= 0.6 is 11.6 Å². The summed E-state index contributed by atoms with van der Waals surface area (Å²) in [6, 6.07) is 21.7. The van der Waals surface area contributed by atoms with Crippen molar-refractivity contribution in [2.45, 2.75) is 64.7 Å². The molecule has 1 heterocycles. The fraction of sp³-hybridized carbons (Fsp3) is 0.314. The van der Waals surface area contributed by atoms with Gasteiger partial charge in [0.15, 0.2) is 0 Å². The van der Waals surface area contributed by atoms with E-state index in [1.54, 1.807) is 38.1 Å². The summed E-state index contributed by atoms with van der Waals surface area (Å²) in [4.78, 5) is 55.6. The van der Waals surface area contributed by atoms with Gasteiger partial charge in [0.2, 0.25) is 5.91 Å². The molecule has 2 atom stereocenters. The highest BCUT2D eigenvalue weighted by Gasteiger charge is 2.54. The number of imide groups is 1. The molecule has 1 saturated heterocycles. The molecule has 0 saturated carbocycles. The molecule has 3 aromatic rings. The van der Waals surface area contributed by atoms with Gasteiger partial charge in [0.25, 0.3) is 5.91 Å². The molecule has 44 heavy (non-hydrogen) atoms. The molecule has 3 aromatic carbocycles. The number of halogens is 1. The molecule has 4 amide bonds. The van der Waals surface area contributed by atoms with Crippen LogP contribution < -0.4 is 5.32 Å². The third kappa shape index (κ3) is 7.74. The number of hydrogen-bond donors (Lipinski definition) is 2. The number of aliphatic carboxylic acids is 1. The first-order valence-corrected chi connectivity index (χ1v) is 15.0. The van der Waals surface area contributed by atoms with Gasteiger partial charge in [-0.15, -0.1) is 0 Å². The van der Waals surface area contributed by atoms with Crippen LogP contribution in [0.4, 0.5) is 4.79 Å². The molecule has 8 nitrogen and oxygen atoms in total. The molecule has 4 rings (SSSR count). The van der Waals surface area contributed by atoms with Crippen LogP contribution in [-0.4, -0.2) is 50.3 Å². The second-order valence-corrected chi connectivity index (χ2v) is 12.4. The van der Waals surface area contributed by atoms with Crippen molar-refractivity contribution in [1.29, 1.82) is 0 Å². The molecule has 1 aliphatic rings. The maximum atomic E-state index is 13.9. The zero-order valence-electron chi connectivity index (χ0n) is 25.4. The van der Waals surface area contributed by atoms with Crippen molar-refractivity contribution in [3.8, 4) is 0 Å². The lowest BCUT2D eigenvalue weighted by Gasteiger charge is -2.29. The fourth-order valence-electron chi connectivity index (χ4n) is 5.25. The summed E-state index contributed by atoms with van der Waals surface area (Å²) in [5, 5.41) is 12.8. The van der Waals surface area contributed by atoms with E-state index >= 15 is 0 Å². The van der Waals surface area contributed by atoms with Crippen molar-refractivity contribution in [2.24, 2.45) is 5.92 Å². The van der Waals surface area contributed by atoms with Gasteiger partial charge in [-0.25, -0.2) is 9.69 Å². The van der Waals surface area contributed by atoms with Crippen molar-refractivity contribution in [3.63, 3.8) is 0 Å². The highest BCUT2D eigenvalue weighted by Crippen LogP contribution is 2.33. The van der Waals surface area contributed by atoms with E-state index in [4.69, 9.17) is 11.6 Å². The van der Waals surface area contributed by atoms with E-state index in [9.17, 15) is 24.3 Å². The second kappa shape index (κ2) is 13.9. The maximum Gasteiger partial charge on any atom is 0.328 e. The zero-order chi connectivity index (χ0) is 32.0. The first kappa shape index (κ1) is 32.5. The number of carboxylic acids is 1. The molecule has 2 N–H and O–H groups in total. The molecule has 0 aliphatic carbocycles. The smallest absolute Gasteiger partial charge is 0.328 e. The normalized spacial score (nSPS) is 16.0. The van der Waals surface area contributed by atoms with Crippen molar-refractivity contribution in [3.05, 3.63) is 106 Å². The predicted molar refractivity (Wildman–Crippen MR) is 172 cm³/mol. The lowest BCUT2D eigenvalue weighted by atomic mass is 9.98. The topological polar surface area (TPSA) is 107 Å². The third-order valence-corrected chi connectivity index (χ3v) is 7.97. The lowest BCUT2D eigenvalue weighted by molar-refractivity contribution is -0.140. The molecule has 0 spiro atoms. The van der Waals surface area contributed by atoms with Gasteiger partial charge in [-0.2, -0.15) is 0 Å². The van der Waals surface area contributed by atoms with Crippen LogP contribution in [0.15, 0.2) is 78.9 Å². The first-order chi connectivity index (χ1) is 20.9. The summed E-state index contributed by atoms with van der Waals surface area (Å²) in [6.07, 6.45) is 3.87. The molecule has 0 aromatic heterocycles. The Labute approximate surface area is 263 Å². The quantitative estimate of drug-likeness (QED) is 0.172. The second-order valence-electron chi connectivity index (χ2n) is 11.9. The monoisotopic (exact) mass is 615 g/mol. The number of nitrogens with zero attached hydrogens (tertiary/aromatic N) is 2. The van der Waals surface area contributed by atoms with Gasteiger partial charge < -0.3 is 15.3 Å². The Balaban J connectivity index is 1.55. The van der Waals surface area contributed by atoms with Gasteiger partial charge in [0.1, 0.15) is 11.6 Å². The van der Waals surface area contributed by atoms with Crippen LogP contribution in [0.1, 0.15) is 68.8 Å². The Morgan fingerprint density at radius 1 is 0.909 bits per heavy atom. The summed E-state index contributed by atoms with van der Waals surface area (Å²) >= 11 is 6.00. The first-order valence-electron chi connectivity index (χ1n) is 14.6. The van der Waals surface area contributed by atoms with E-state index in [0.717, 1.165) is 21.6 Å². The van der Waals surface area contributed by atoms with Gasteiger partial charge in [-0.3, -0.25) is 14.4 Å². The molecule has 230 valence electrons. The summed E-state index contributed by atoms with van der Waals surface area (Å²) in [5.41, 5.74) is 2.27. The highest BCUT2D eigenvalue weighted by molar-refractivity contribution is 6.30. The van der Waals surface area contributed by atoms with Crippen molar-refractivity contribution in [2.75, 3.05) is 0 Å². The summed E-state index contributed by atoms with van der Waals surface area (Å²) in [6.45, 7) is 7.33. The molecule has 9 heteroatoms. The number of urea groups is 1. The van der Waals surface area contributed by atoms with Crippen molar-refractivity contribution in [1.82, 2.24) is 15.1 Å². The molecule has 0 radical (unpaired) electrons. The van der Waals surface area contributed by atoms with Gasteiger partial charge in [0.05, 0.1) is 12.5 Å². The number of carboxylic acid groups (broad SMARTS) is 1. The Hall–Kier alpha value is -4.43. The van der Waals surface area contributed by atoms with Gasteiger partial charge in [-0.1, -0.05) is 104 Å². The summed E-state index contributed by atoms with van der Waals surface area (Å²) < 4.78 is 0. The molecular formula is C35H38ClN3O5. The van der Waals surface area contributed by atoms with Crippen molar-refractivity contribution >= 4 is 47.6 Å². The molecular weight excluding hydrogens is 578 g/mol. The van der Waals surface area contributed by atoms with Gasteiger partial charge in [0, 0.05) is 11.6 Å². The number of rotatable bonds is 12. The van der Waals surface area contributed by atoms with Gasteiger partial charge in [-0.05, 0) is 60.6 Å². The van der Waals surface area contributed by atoms with Crippen LogP contribution in [-0.2, 0) is 20.9 Å². The molecule has 1 aliphatic heterocycles. The minimum atomic E-state index is -1.20. The SMILES string of the molecule is CC(C)C[C@@H](C(=O)NC(CC(=O)O)c1ccc(Cl)cc1)N1C(=O)N(Cc2ccc(/C=C/c3ccccc3)cc2)C(C)(C)C1=O. The number of hydrogen-bond acceptors (Lipinski definition) is 4. The summed E-state index contributed by atoms with van der Waals surface area (Å²) in [7, 11) is 0. The van der Waals surface area contributed by atoms with Crippen LogP contribution in [0.3, 0.4) is 0 Å². The average Bonchev–Trinajstić information content (AvgIpc) is 3.14. The summed E-state index contributed by atoms with van der Waals surface area (Å²) in [5.74, 6) is -2.21. The van der Waals surface area contributed by atoms with E-state index in [0.29, 0.717) is 10.6 Å². The highest BCUT2D eigenvalue weighted by atomic mass is 35.5. The Morgan fingerprint density at radius 2 is 1.50 bits per heavy atom. The van der Waals surface area contributed by atoms with Crippen LogP contribution in [0.25, 0.3) is 12.2 Å². The lowest BCUT2D eigenvalue weighted by Crippen LogP contribution is -2.52. The van der Waals surface area contributed by atoms with Crippen LogP contribution in [0.5, 0.6) is 0 Å². The van der Waals surface area contributed by atoms with E-state index in [2.05, 4.69) is 5.32 Å². The zero-order valence-corrected chi connectivity index (χ0v) is 26.1.